The molecule has 0 aliphatic rings. The molecule has 1 aromatic heterocycles. The van der Waals surface area contributed by atoms with Crippen molar-refractivity contribution < 1.29 is 0 Å². The van der Waals surface area contributed by atoms with Gasteiger partial charge < -0.3 is 5.32 Å². The van der Waals surface area contributed by atoms with Gasteiger partial charge in [-0.15, -0.1) is 11.3 Å². The van der Waals surface area contributed by atoms with E-state index in [1.54, 1.807) is 11.3 Å². The van der Waals surface area contributed by atoms with Gasteiger partial charge in [0.2, 0.25) is 0 Å². The molecule has 0 radical (unpaired) electrons. The first-order valence-electron chi connectivity index (χ1n) is 6.49. The topological polar surface area (TPSA) is 24.9 Å². The summed E-state index contributed by atoms with van der Waals surface area (Å²) >= 11 is 1.73. The smallest absolute Gasteiger partial charge is 0.0898 e. The Morgan fingerprint density at radius 2 is 2.06 bits per heavy atom. The molecule has 1 N–H and O–H groups in total. The molecule has 1 heterocycles. The van der Waals surface area contributed by atoms with Gasteiger partial charge >= 0.3 is 0 Å². The third-order valence-corrected chi connectivity index (χ3v) is 3.80. The van der Waals surface area contributed by atoms with Crippen molar-refractivity contribution in [3.05, 3.63) is 52.0 Å². The van der Waals surface area contributed by atoms with E-state index < -0.39 is 0 Å². The maximum atomic E-state index is 4.60. The Balaban J connectivity index is 1.98. The zero-order valence-corrected chi connectivity index (χ0v) is 11.8. The lowest BCUT2D eigenvalue weighted by molar-refractivity contribution is 0.505. The molecular formula is C15H20N2S. The maximum Gasteiger partial charge on any atom is 0.0898 e. The highest BCUT2D eigenvalue weighted by Gasteiger charge is 2.13. The number of aryl methyl sites for hydroxylation is 2. The Morgan fingerprint density at radius 3 is 2.67 bits per heavy atom. The van der Waals surface area contributed by atoms with Crippen LogP contribution in [0.3, 0.4) is 0 Å². The van der Waals surface area contributed by atoms with Gasteiger partial charge in [-0.3, -0.25) is 0 Å². The molecule has 0 spiro atoms. The Kier molecular flexibility index (Phi) is 4.90. The van der Waals surface area contributed by atoms with Gasteiger partial charge in [0, 0.05) is 5.38 Å². The minimum atomic E-state index is 0.375. The van der Waals surface area contributed by atoms with Gasteiger partial charge in [-0.25, -0.2) is 4.98 Å². The first-order valence-corrected chi connectivity index (χ1v) is 7.37. The average molecular weight is 260 g/mol. The number of nitrogens with zero attached hydrogens (tertiary/aromatic N) is 1. The van der Waals surface area contributed by atoms with Crippen molar-refractivity contribution in [1.82, 2.24) is 10.3 Å². The summed E-state index contributed by atoms with van der Waals surface area (Å²) in [6.07, 6.45) is 2.19. The molecule has 96 valence electrons. The zero-order chi connectivity index (χ0) is 12.8. The van der Waals surface area contributed by atoms with E-state index in [1.165, 1.54) is 11.3 Å². The largest absolute Gasteiger partial charge is 0.309 e. The molecule has 0 bridgehead atoms. The first-order chi connectivity index (χ1) is 8.79. The molecule has 2 nitrogen and oxygen atoms in total. The number of rotatable bonds is 6. The normalized spacial score (nSPS) is 12.6. The molecule has 3 heteroatoms. The van der Waals surface area contributed by atoms with E-state index in [-0.39, 0.29) is 0 Å². The summed E-state index contributed by atoms with van der Waals surface area (Å²) in [6.45, 7) is 5.19. The second-order valence-corrected chi connectivity index (χ2v) is 5.49. The van der Waals surface area contributed by atoms with Crippen LogP contribution in [0.4, 0.5) is 0 Å². The number of thiazole rings is 1. The summed E-state index contributed by atoms with van der Waals surface area (Å²) in [4.78, 5) is 4.60. The molecular weight excluding hydrogens is 240 g/mol. The molecule has 18 heavy (non-hydrogen) atoms. The van der Waals surface area contributed by atoms with Crippen LogP contribution in [0.5, 0.6) is 0 Å². The van der Waals surface area contributed by atoms with E-state index in [0.717, 1.165) is 24.4 Å². The highest BCUT2D eigenvalue weighted by atomic mass is 32.1. The van der Waals surface area contributed by atoms with Crippen LogP contribution in [0.2, 0.25) is 0 Å². The fourth-order valence-electron chi connectivity index (χ4n) is 2.10. The molecule has 1 aromatic carbocycles. The SMILES string of the molecule is CCNC(CCc1ccccc1)c1csc(C)n1. The van der Waals surface area contributed by atoms with Crippen molar-refractivity contribution in [2.24, 2.45) is 0 Å². The maximum absolute atomic E-state index is 4.60. The van der Waals surface area contributed by atoms with Gasteiger partial charge in [0.05, 0.1) is 16.7 Å². The van der Waals surface area contributed by atoms with E-state index in [0.29, 0.717) is 6.04 Å². The highest BCUT2D eigenvalue weighted by Crippen LogP contribution is 2.21. The van der Waals surface area contributed by atoms with Gasteiger partial charge in [0.15, 0.2) is 0 Å². The van der Waals surface area contributed by atoms with Crippen molar-refractivity contribution in [2.45, 2.75) is 32.7 Å². The van der Waals surface area contributed by atoms with Gasteiger partial charge in [-0.2, -0.15) is 0 Å². The van der Waals surface area contributed by atoms with E-state index in [9.17, 15) is 0 Å². The van der Waals surface area contributed by atoms with Crippen LogP contribution in [0.25, 0.3) is 0 Å². The van der Waals surface area contributed by atoms with Gasteiger partial charge in [0.25, 0.3) is 0 Å². The summed E-state index contributed by atoms with van der Waals surface area (Å²) < 4.78 is 0. The fraction of sp³-hybridized carbons (Fsp3) is 0.400. The Morgan fingerprint density at radius 1 is 1.28 bits per heavy atom. The van der Waals surface area contributed by atoms with Crippen LogP contribution in [-0.2, 0) is 6.42 Å². The van der Waals surface area contributed by atoms with Crippen LogP contribution in [0.15, 0.2) is 35.7 Å². The quantitative estimate of drug-likeness (QED) is 0.856. The molecule has 0 aliphatic heterocycles. The monoisotopic (exact) mass is 260 g/mol. The summed E-state index contributed by atoms with van der Waals surface area (Å²) in [6, 6.07) is 11.0. The molecule has 0 amide bonds. The summed E-state index contributed by atoms with van der Waals surface area (Å²) in [5.41, 5.74) is 2.59. The molecule has 0 saturated heterocycles. The number of hydrogen-bond acceptors (Lipinski definition) is 3. The third kappa shape index (κ3) is 3.65. The van der Waals surface area contributed by atoms with Crippen LogP contribution in [-0.4, -0.2) is 11.5 Å². The van der Waals surface area contributed by atoms with E-state index in [4.69, 9.17) is 0 Å². The van der Waals surface area contributed by atoms with E-state index in [1.807, 2.05) is 0 Å². The van der Waals surface area contributed by atoms with Gasteiger partial charge in [0.1, 0.15) is 0 Å². The minimum absolute atomic E-state index is 0.375. The lowest BCUT2D eigenvalue weighted by Crippen LogP contribution is -2.21. The Bertz CT molecular complexity index is 464. The Labute approximate surface area is 113 Å². The molecule has 1 atom stereocenters. The fourth-order valence-corrected chi connectivity index (χ4v) is 2.76. The molecule has 2 rings (SSSR count). The second kappa shape index (κ2) is 6.66. The van der Waals surface area contributed by atoms with E-state index in [2.05, 4.69) is 59.9 Å². The number of aromatic nitrogens is 1. The van der Waals surface area contributed by atoms with Crippen molar-refractivity contribution in [3.8, 4) is 0 Å². The van der Waals surface area contributed by atoms with Crippen LogP contribution < -0.4 is 5.32 Å². The average Bonchev–Trinajstić information content (AvgIpc) is 2.82. The molecule has 0 fully saturated rings. The van der Waals surface area contributed by atoms with Crippen LogP contribution in [0.1, 0.15) is 35.7 Å². The molecule has 0 saturated carbocycles. The standard InChI is InChI=1S/C15H20N2S/c1-3-16-14(15-11-18-12(2)17-15)10-9-13-7-5-4-6-8-13/h4-8,11,14,16H,3,9-10H2,1-2H3. The molecule has 1 unspecified atom stereocenters. The predicted octanol–water partition coefficient (Wildman–Crippen LogP) is 3.73. The lowest BCUT2D eigenvalue weighted by Gasteiger charge is -2.15. The van der Waals surface area contributed by atoms with E-state index >= 15 is 0 Å². The summed E-state index contributed by atoms with van der Waals surface area (Å²) in [7, 11) is 0. The Hall–Kier alpha value is -1.19. The summed E-state index contributed by atoms with van der Waals surface area (Å²) in [5, 5.41) is 6.85. The van der Waals surface area contributed by atoms with Crippen molar-refractivity contribution >= 4 is 11.3 Å². The molecule has 0 aliphatic carbocycles. The highest BCUT2D eigenvalue weighted by molar-refractivity contribution is 7.09. The van der Waals surface area contributed by atoms with Crippen LogP contribution in [0, 0.1) is 6.92 Å². The predicted molar refractivity (Wildman–Crippen MR) is 78.0 cm³/mol. The van der Waals surface area contributed by atoms with Gasteiger partial charge in [-0.05, 0) is 31.9 Å². The van der Waals surface area contributed by atoms with Crippen molar-refractivity contribution in [2.75, 3.05) is 6.54 Å². The number of benzene rings is 1. The first kappa shape index (κ1) is 13.2. The zero-order valence-electron chi connectivity index (χ0n) is 11.0. The molecule has 2 aromatic rings. The second-order valence-electron chi connectivity index (χ2n) is 4.43. The lowest BCUT2D eigenvalue weighted by atomic mass is 10.0. The summed E-state index contributed by atoms with van der Waals surface area (Å²) in [5.74, 6) is 0. The van der Waals surface area contributed by atoms with Gasteiger partial charge in [-0.1, -0.05) is 37.3 Å². The number of nitrogens with one attached hydrogen (secondary N) is 1. The van der Waals surface area contributed by atoms with Crippen molar-refractivity contribution in [3.63, 3.8) is 0 Å². The van der Waals surface area contributed by atoms with Crippen molar-refractivity contribution in [1.29, 1.82) is 0 Å². The minimum Gasteiger partial charge on any atom is -0.309 e. The number of hydrogen-bond donors (Lipinski definition) is 1. The van der Waals surface area contributed by atoms with Crippen LogP contribution >= 0.6 is 11.3 Å². The third-order valence-electron chi connectivity index (χ3n) is 3.01.